The molecule has 1 saturated heterocycles. The third-order valence-corrected chi connectivity index (χ3v) is 5.86. The Labute approximate surface area is 170 Å². The van der Waals surface area contributed by atoms with Gasteiger partial charge in [0.1, 0.15) is 5.75 Å². The number of carboxylic acids is 1. The number of ether oxygens (including phenoxy) is 1. The van der Waals surface area contributed by atoms with E-state index in [0.717, 1.165) is 45.2 Å². The molecule has 0 amide bonds. The van der Waals surface area contributed by atoms with E-state index in [-0.39, 0.29) is 12.0 Å². The maximum absolute atomic E-state index is 11.6. The molecule has 2 aromatic rings. The molecule has 1 fully saturated rings. The molecule has 1 aliphatic rings. The van der Waals surface area contributed by atoms with Crippen molar-refractivity contribution in [2.24, 2.45) is 5.92 Å². The number of methoxy groups -OCH3 is 1. The Bertz CT molecular complexity index is 779. The van der Waals surface area contributed by atoms with Gasteiger partial charge in [0.15, 0.2) is 0 Å². The number of rotatable bonds is 5. The number of carbonyl (C=O) groups is 1. The molecule has 0 radical (unpaired) electrons. The summed E-state index contributed by atoms with van der Waals surface area (Å²) in [4.78, 5) is 13.8. The van der Waals surface area contributed by atoms with Crippen LogP contribution in [0, 0.1) is 5.92 Å². The van der Waals surface area contributed by atoms with Crippen LogP contribution in [0.3, 0.4) is 0 Å². The SMILES string of the molecule is COc1ccc(Br)cc1C(c1ccc(Br)cc1)N1CCCC(C(=O)O)C1. The van der Waals surface area contributed by atoms with E-state index in [9.17, 15) is 9.90 Å². The lowest BCUT2D eigenvalue weighted by atomic mass is 9.91. The molecule has 2 aromatic carbocycles. The number of benzene rings is 2. The minimum absolute atomic E-state index is 0.0577. The first-order chi connectivity index (χ1) is 12.5. The third kappa shape index (κ3) is 4.30. The molecule has 2 unspecified atom stereocenters. The van der Waals surface area contributed by atoms with E-state index in [1.165, 1.54) is 0 Å². The van der Waals surface area contributed by atoms with Crippen LogP contribution in [0.15, 0.2) is 51.4 Å². The van der Waals surface area contributed by atoms with Crippen LogP contribution >= 0.6 is 31.9 Å². The first-order valence-electron chi connectivity index (χ1n) is 8.55. The average molecular weight is 483 g/mol. The van der Waals surface area contributed by atoms with Crippen LogP contribution in [0.25, 0.3) is 0 Å². The molecular weight excluding hydrogens is 462 g/mol. The smallest absolute Gasteiger partial charge is 0.307 e. The van der Waals surface area contributed by atoms with Gasteiger partial charge in [0, 0.05) is 21.1 Å². The lowest BCUT2D eigenvalue weighted by Crippen LogP contribution is -2.41. The molecule has 0 spiro atoms. The van der Waals surface area contributed by atoms with Gasteiger partial charge in [-0.2, -0.15) is 0 Å². The predicted octanol–water partition coefficient (Wildman–Crippen LogP) is 5.11. The Morgan fingerprint density at radius 3 is 2.54 bits per heavy atom. The van der Waals surface area contributed by atoms with Crippen LogP contribution < -0.4 is 4.74 Å². The van der Waals surface area contributed by atoms with E-state index in [1.807, 2.05) is 24.3 Å². The summed E-state index contributed by atoms with van der Waals surface area (Å²) in [6, 6.07) is 14.1. The Morgan fingerprint density at radius 2 is 1.88 bits per heavy atom. The maximum atomic E-state index is 11.6. The highest BCUT2D eigenvalue weighted by atomic mass is 79.9. The fourth-order valence-corrected chi connectivity index (χ4v) is 4.24. The molecule has 0 aliphatic carbocycles. The van der Waals surface area contributed by atoms with Crippen molar-refractivity contribution in [2.75, 3.05) is 20.2 Å². The first kappa shape index (κ1) is 19.4. The molecule has 138 valence electrons. The van der Waals surface area contributed by atoms with Gasteiger partial charge in [-0.05, 0) is 55.3 Å². The molecule has 2 atom stereocenters. The second-order valence-corrected chi connectivity index (χ2v) is 8.34. The first-order valence-corrected chi connectivity index (χ1v) is 10.1. The zero-order valence-electron chi connectivity index (χ0n) is 14.5. The summed E-state index contributed by atoms with van der Waals surface area (Å²) in [6.45, 7) is 1.39. The standard InChI is InChI=1S/C20H21Br2NO3/c1-26-18-9-8-16(22)11-17(18)19(13-4-6-15(21)7-5-13)23-10-2-3-14(12-23)20(24)25/h4-9,11,14,19H,2-3,10,12H2,1H3,(H,24,25). The van der Waals surface area contributed by atoms with Crippen molar-refractivity contribution in [1.82, 2.24) is 4.90 Å². The highest BCUT2D eigenvalue weighted by molar-refractivity contribution is 9.10. The van der Waals surface area contributed by atoms with E-state index in [1.54, 1.807) is 7.11 Å². The molecule has 1 N–H and O–H groups in total. The van der Waals surface area contributed by atoms with E-state index < -0.39 is 5.97 Å². The zero-order chi connectivity index (χ0) is 18.7. The highest BCUT2D eigenvalue weighted by Crippen LogP contribution is 2.38. The number of aliphatic carboxylic acids is 1. The van der Waals surface area contributed by atoms with Gasteiger partial charge in [-0.1, -0.05) is 44.0 Å². The van der Waals surface area contributed by atoms with Crippen LogP contribution in [-0.4, -0.2) is 36.2 Å². The van der Waals surface area contributed by atoms with Crippen LogP contribution in [-0.2, 0) is 4.79 Å². The summed E-state index contributed by atoms with van der Waals surface area (Å²) in [6.07, 6.45) is 1.61. The lowest BCUT2D eigenvalue weighted by molar-refractivity contribution is -0.143. The number of likely N-dealkylation sites (tertiary alicyclic amines) is 1. The van der Waals surface area contributed by atoms with E-state index in [4.69, 9.17) is 4.74 Å². The Kier molecular flexibility index (Phi) is 6.37. The number of hydrogen-bond donors (Lipinski definition) is 1. The summed E-state index contributed by atoms with van der Waals surface area (Å²) in [5, 5.41) is 9.50. The fourth-order valence-electron chi connectivity index (χ4n) is 3.59. The molecule has 4 nitrogen and oxygen atoms in total. The zero-order valence-corrected chi connectivity index (χ0v) is 17.7. The van der Waals surface area contributed by atoms with Gasteiger partial charge in [0.25, 0.3) is 0 Å². The van der Waals surface area contributed by atoms with Gasteiger partial charge in [0.05, 0.1) is 19.1 Å². The Hall–Kier alpha value is -1.37. The summed E-state index contributed by atoms with van der Waals surface area (Å²) >= 11 is 7.05. The van der Waals surface area contributed by atoms with E-state index in [2.05, 4.69) is 55.0 Å². The number of hydrogen-bond acceptors (Lipinski definition) is 3. The number of halogens is 2. The molecule has 1 heterocycles. The monoisotopic (exact) mass is 481 g/mol. The lowest BCUT2D eigenvalue weighted by Gasteiger charge is -2.38. The minimum atomic E-state index is -0.717. The largest absolute Gasteiger partial charge is 0.496 e. The van der Waals surface area contributed by atoms with Crippen molar-refractivity contribution >= 4 is 37.8 Å². The van der Waals surface area contributed by atoms with Crippen molar-refractivity contribution in [3.8, 4) is 5.75 Å². The van der Waals surface area contributed by atoms with Gasteiger partial charge in [-0.15, -0.1) is 0 Å². The van der Waals surface area contributed by atoms with Crippen molar-refractivity contribution < 1.29 is 14.6 Å². The normalized spacial score (nSPS) is 19.1. The molecular formula is C20H21Br2NO3. The molecule has 0 saturated carbocycles. The molecule has 1 aliphatic heterocycles. The second kappa shape index (κ2) is 8.55. The van der Waals surface area contributed by atoms with Crippen LogP contribution in [0.5, 0.6) is 5.75 Å². The molecule has 6 heteroatoms. The predicted molar refractivity (Wildman–Crippen MR) is 109 cm³/mol. The summed E-state index contributed by atoms with van der Waals surface area (Å²) in [5.74, 6) is -0.246. The van der Waals surface area contributed by atoms with Crippen LogP contribution in [0.2, 0.25) is 0 Å². The van der Waals surface area contributed by atoms with Crippen molar-refractivity contribution in [1.29, 1.82) is 0 Å². The van der Waals surface area contributed by atoms with E-state index in [0.29, 0.717) is 6.54 Å². The summed E-state index contributed by atoms with van der Waals surface area (Å²) in [5.41, 5.74) is 2.16. The van der Waals surface area contributed by atoms with Gasteiger partial charge >= 0.3 is 5.97 Å². The van der Waals surface area contributed by atoms with Gasteiger partial charge < -0.3 is 9.84 Å². The fraction of sp³-hybridized carbons (Fsp3) is 0.350. The molecule has 0 bridgehead atoms. The van der Waals surface area contributed by atoms with Crippen molar-refractivity contribution in [3.63, 3.8) is 0 Å². The van der Waals surface area contributed by atoms with Gasteiger partial charge in [0.2, 0.25) is 0 Å². The highest BCUT2D eigenvalue weighted by Gasteiger charge is 2.32. The topological polar surface area (TPSA) is 49.8 Å². The number of nitrogens with zero attached hydrogens (tertiary/aromatic N) is 1. The summed E-state index contributed by atoms with van der Waals surface area (Å²) < 4.78 is 7.61. The minimum Gasteiger partial charge on any atom is -0.496 e. The average Bonchev–Trinajstić information content (AvgIpc) is 2.64. The van der Waals surface area contributed by atoms with Crippen LogP contribution in [0.1, 0.15) is 30.0 Å². The maximum Gasteiger partial charge on any atom is 0.307 e. The van der Waals surface area contributed by atoms with Gasteiger partial charge in [-0.3, -0.25) is 9.69 Å². The Balaban J connectivity index is 2.06. The van der Waals surface area contributed by atoms with Crippen LogP contribution in [0.4, 0.5) is 0 Å². The second-order valence-electron chi connectivity index (χ2n) is 6.51. The van der Waals surface area contributed by atoms with E-state index >= 15 is 0 Å². The van der Waals surface area contributed by atoms with Crippen molar-refractivity contribution in [3.05, 3.63) is 62.5 Å². The third-order valence-electron chi connectivity index (χ3n) is 4.84. The quantitative estimate of drug-likeness (QED) is 0.643. The number of carboxylic acid groups (broad SMARTS) is 1. The van der Waals surface area contributed by atoms with Gasteiger partial charge in [-0.25, -0.2) is 0 Å². The molecule has 3 rings (SSSR count). The Morgan fingerprint density at radius 1 is 1.19 bits per heavy atom. The van der Waals surface area contributed by atoms with Crippen molar-refractivity contribution in [2.45, 2.75) is 18.9 Å². The number of piperidine rings is 1. The molecule has 26 heavy (non-hydrogen) atoms. The molecule has 0 aromatic heterocycles. The summed E-state index contributed by atoms with van der Waals surface area (Å²) in [7, 11) is 1.67.